The second-order valence-corrected chi connectivity index (χ2v) is 7.21. The van der Waals surface area contributed by atoms with Crippen molar-refractivity contribution in [2.45, 2.75) is 65.2 Å². The number of hydrogen-bond acceptors (Lipinski definition) is 3. The first kappa shape index (κ1) is 15.5. The quantitative estimate of drug-likeness (QED) is 0.657. The number of ether oxygens (including phenoxy) is 1. The average molecular weight is 276 g/mol. The van der Waals surface area contributed by atoms with Crippen molar-refractivity contribution in [1.29, 1.82) is 0 Å². The summed E-state index contributed by atoms with van der Waals surface area (Å²) < 4.78 is 6.23. The van der Waals surface area contributed by atoms with Crippen LogP contribution in [0, 0.1) is 19.8 Å². The maximum atomic E-state index is 6.23. The first-order valence-electron chi connectivity index (χ1n) is 7.40. The monoisotopic (exact) mass is 276 g/mol. The van der Waals surface area contributed by atoms with Crippen molar-refractivity contribution in [3.63, 3.8) is 0 Å². The van der Waals surface area contributed by atoms with Gasteiger partial charge in [-0.2, -0.15) is 0 Å². The molecule has 3 N–H and O–H groups in total. The molecule has 0 bridgehead atoms. The van der Waals surface area contributed by atoms with Crippen LogP contribution in [0.25, 0.3) is 0 Å². The van der Waals surface area contributed by atoms with Gasteiger partial charge in [-0.25, -0.2) is 0 Å². The molecule has 0 amide bonds. The van der Waals surface area contributed by atoms with Crippen LogP contribution in [0.3, 0.4) is 0 Å². The fraction of sp³-hybridized carbons (Fsp3) is 0.647. The van der Waals surface area contributed by atoms with E-state index in [4.69, 9.17) is 10.6 Å². The summed E-state index contributed by atoms with van der Waals surface area (Å²) >= 11 is 0. The second-order valence-electron chi connectivity index (χ2n) is 7.21. The molecule has 2 rings (SSSR count). The third-order valence-corrected chi connectivity index (χ3v) is 4.71. The molecule has 0 aromatic heterocycles. The number of aryl methyl sites for hydroxylation is 1. The zero-order valence-electron chi connectivity index (χ0n) is 13.6. The Morgan fingerprint density at radius 3 is 2.40 bits per heavy atom. The summed E-state index contributed by atoms with van der Waals surface area (Å²) in [5.74, 6) is 6.26. The Hall–Kier alpha value is -0.900. The molecule has 20 heavy (non-hydrogen) atoms. The van der Waals surface area contributed by atoms with Crippen molar-refractivity contribution in [2.75, 3.05) is 0 Å². The van der Waals surface area contributed by atoms with Gasteiger partial charge in [-0.1, -0.05) is 18.2 Å². The Labute approximate surface area is 122 Å². The number of benzene rings is 1. The summed E-state index contributed by atoms with van der Waals surface area (Å²) in [6, 6.07) is 6.54. The Bertz CT molecular complexity index is 494. The minimum atomic E-state index is -0.184. The van der Waals surface area contributed by atoms with E-state index in [9.17, 15) is 0 Å². The van der Waals surface area contributed by atoms with Crippen molar-refractivity contribution in [3.05, 3.63) is 34.9 Å². The minimum absolute atomic E-state index is 0.0962. The summed E-state index contributed by atoms with van der Waals surface area (Å²) in [5.41, 5.74) is 6.67. The summed E-state index contributed by atoms with van der Waals surface area (Å²) in [6.07, 6.45) is 1.00. The molecule has 1 saturated heterocycles. The van der Waals surface area contributed by atoms with E-state index in [1.54, 1.807) is 0 Å². The van der Waals surface area contributed by atoms with Crippen LogP contribution in [0.15, 0.2) is 18.2 Å². The molecule has 2 atom stereocenters. The highest BCUT2D eigenvalue weighted by atomic mass is 16.5. The van der Waals surface area contributed by atoms with E-state index in [0.29, 0.717) is 5.92 Å². The van der Waals surface area contributed by atoms with Crippen molar-refractivity contribution in [1.82, 2.24) is 5.43 Å². The van der Waals surface area contributed by atoms with Crippen molar-refractivity contribution >= 4 is 0 Å². The van der Waals surface area contributed by atoms with Gasteiger partial charge in [0.15, 0.2) is 0 Å². The SMILES string of the molecule is Cc1cccc(C(NN)C2CC(C)(C)OC2(C)C)c1C. The van der Waals surface area contributed by atoms with E-state index in [1.165, 1.54) is 16.7 Å². The molecule has 1 aliphatic heterocycles. The van der Waals surface area contributed by atoms with Crippen LogP contribution in [-0.2, 0) is 4.74 Å². The van der Waals surface area contributed by atoms with E-state index in [1.807, 2.05) is 0 Å². The molecule has 1 aromatic carbocycles. The Morgan fingerprint density at radius 1 is 1.25 bits per heavy atom. The number of rotatable bonds is 3. The molecule has 0 spiro atoms. The average Bonchev–Trinajstić information content (AvgIpc) is 2.54. The molecule has 1 aromatic rings. The summed E-state index contributed by atoms with van der Waals surface area (Å²) in [5, 5.41) is 0. The van der Waals surface area contributed by atoms with Crippen LogP contribution in [0.5, 0.6) is 0 Å². The van der Waals surface area contributed by atoms with Gasteiger partial charge in [0.25, 0.3) is 0 Å². The standard InChI is InChI=1S/C17H28N2O/c1-11-8-7-9-13(12(11)2)15(19-18)14-10-16(3,4)20-17(14,5)6/h7-9,14-15,19H,10,18H2,1-6H3. The van der Waals surface area contributed by atoms with Crippen LogP contribution in [0.2, 0.25) is 0 Å². The van der Waals surface area contributed by atoms with Crippen LogP contribution in [0.4, 0.5) is 0 Å². The van der Waals surface area contributed by atoms with E-state index >= 15 is 0 Å². The van der Waals surface area contributed by atoms with Crippen LogP contribution < -0.4 is 11.3 Å². The number of hydrazine groups is 1. The minimum Gasteiger partial charge on any atom is -0.369 e. The third-order valence-electron chi connectivity index (χ3n) is 4.71. The Kier molecular flexibility index (Phi) is 3.98. The molecule has 1 fully saturated rings. The molecular weight excluding hydrogens is 248 g/mol. The number of nitrogens with two attached hydrogens (primary N) is 1. The highest BCUT2D eigenvalue weighted by molar-refractivity contribution is 5.36. The first-order chi connectivity index (χ1) is 9.18. The highest BCUT2D eigenvalue weighted by Gasteiger charge is 2.49. The predicted molar refractivity (Wildman–Crippen MR) is 83.3 cm³/mol. The Morgan fingerprint density at radius 2 is 1.90 bits per heavy atom. The first-order valence-corrected chi connectivity index (χ1v) is 7.40. The number of nitrogens with one attached hydrogen (secondary N) is 1. The lowest BCUT2D eigenvalue weighted by Gasteiger charge is -2.33. The van der Waals surface area contributed by atoms with Gasteiger partial charge in [0.2, 0.25) is 0 Å². The Balaban J connectivity index is 2.40. The normalized spacial score (nSPS) is 25.6. The van der Waals surface area contributed by atoms with Crippen molar-refractivity contribution in [3.8, 4) is 0 Å². The fourth-order valence-electron chi connectivity index (χ4n) is 3.66. The fourth-order valence-corrected chi connectivity index (χ4v) is 3.66. The molecule has 0 aliphatic carbocycles. The van der Waals surface area contributed by atoms with Crippen molar-refractivity contribution < 1.29 is 4.74 Å². The molecule has 3 heteroatoms. The van der Waals surface area contributed by atoms with E-state index < -0.39 is 0 Å². The lowest BCUT2D eigenvalue weighted by atomic mass is 9.78. The van der Waals surface area contributed by atoms with Gasteiger partial charge in [-0.15, -0.1) is 0 Å². The van der Waals surface area contributed by atoms with Gasteiger partial charge in [-0.05, 0) is 64.7 Å². The van der Waals surface area contributed by atoms with Gasteiger partial charge in [0.1, 0.15) is 0 Å². The summed E-state index contributed by atoms with van der Waals surface area (Å²) in [7, 11) is 0. The second kappa shape index (κ2) is 5.14. The smallest absolute Gasteiger partial charge is 0.0681 e. The topological polar surface area (TPSA) is 47.3 Å². The van der Waals surface area contributed by atoms with Gasteiger partial charge in [-0.3, -0.25) is 11.3 Å². The lowest BCUT2D eigenvalue weighted by Crippen LogP contribution is -2.41. The summed E-state index contributed by atoms with van der Waals surface area (Å²) in [4.78, 5) is 0. The van der Waals surface area contributed by atoms with Gasteiger partial charge < -0.3 is 4.74 Å². The molecule has 3 nitrogen and oxygen atoms in total. The van der Waals surface area contributed by atoms with E-state index in [0.717, 1.165) is 6.42 Å². The van der Waals surface area contributed by atoms with E-state index in [2.05, 4.69) is 65.2 Å². The zero-order valence-corrected chi connectivity index (χ0v) is 13.6. The molecule has 1 aliphatic rings. The van der Waals surface area contributed by atoms with Gasteiger partial charge in [0, 0.05) is 5.92 Å². The molecule has 1 heterocycles. The number of hydrogen-bond donors (Lipinski definition) is 2. The largest absolute Gasteiger partial charge is 0.369 e. The molecule has 0 saturated carbocycles. The zero-order chi connectivity index (χ0) is 15.1. The van der Waals surface area contributed by atoms with Crippen LogP contribution in [-0.4, -0.2) is 11.2 Å². The third kappa shape index (κ3) is 2.76. The maximum Gasteiger partial charge on any atom is 0.0681 e. The summed E-state index contributed by atoms with van der Waals surface area (Å²) in [6.45, 7) is 13.0. The maximum absolute atomic E-state index is 6.23. The molecule has 0 radical (unpaired) electrons. The highest BCUT2D eigenvalue weighted by Crippen LogP contribution is 2.47. The van der Waals surface area contributed by atoms with Gasteiger partial charge in [0.05, 0.1) is 17.2 Å². The predicted octanol–water partition coefficient (Wildman–Crippen LogP) is 3.40. The lowest BCUT2D eigenvalue weighted by molar-refractivity contribution is -0.0779. The van der Waals surface area contributed by atoms with Gasteiger partial charge >= 0.3 is 0 Å². The van der Waals surface area contributed by atoms with Crippen LogP contribution >= 0.6 is 0 Å². The van der Waals surface area contributed by atoms with Crippen molar-refractivity contribution in [2.24, 2.45) is 11.8 Å². The molecular formula is C17H28N2O. The van der Waals surface area contributed by atoms with E-state index in [-0.39, 0.29) is 17.2 Å². The molecule has 2 unspecified atom stereocenters. The molecule has 112 valence electrons. The van der Waals surface area contributed by atoms with Crippen LogP contribution in [0.1, 0.15) is 56.8 Å².